The van der Waals surface area contributed by atoms with Gasteiger partial charge in [0.1, 0.15) is 0 Å². The van der Waals surface area contributed by atoms with Crippen LogP contribution in [0.1, 0.15) is 0 Å². The Morgan fingerprint density at radius 3 is 0.686 bits per heavy atom. The van der Waals surface area contributed by atoms with Crippen molar-refractivity contribution in [3.8, 4) is 0 Å². The Morgan fingerprint density at radius 2 is 0.514 bits per heavy atom. The standard InChI is InChI=1S/C9H2F18O6S2/c10-1(11,2(12,13)4(16,17)6(20,21)8(24,25)26)3(14,15)5(18,19)7(22,23)9(27,34(28,29)30)35(31,32)33/h(H,28,29,30)(H,31,32,33). The summed E-state index contributed by atoms with van der Waals surface area (Å²) in [5.41, 5.74) is 0. The van der Waals surface area contributed by atoms with Gasteiger partial charge >= 0.3 is 72.2 Å². The van der Waals surface area contributed by atoms with E-state index in [4.69, 9.17) is 9.11 Å². The fraction of sp³-hybridized carbons (Fsp3) is 1.00. The van der Waals surface area contributed by atoms with E-state index in [9.17, 15) is 95.9 Å². The molecule has 0 saturated heterocycles. The molecule has 0 fully saturated rings. The van der Waals surface area contributed by atoms with Crippen molar-refractivity contribution in [1.29, 1.82) is 0 Å². The number of alkyl halides is 18. The van der Waals surface area contributed by atoms with Crippen LogP contribution in [0.3, 0.4) is 0 Å². The van der Waals surface area contributed by atoms with Gasteiger partial charge in [0.25, 0.3) is 0 Å². The largest absolute Gasteiger partial charge is 0.460 e. The van der Waals surface area contributed by atoms with Crippen molar-refractivity contribution in [3.05, 3.63) is 0 Å². The van der Waals surface area contributed by atoms with Crippen molar-refractivity contribution >= 4 is 20.2 Å². The lowest BCUT2D eigenvalue weighted by molar-refractivity contribution is -0.463. The summed E-state index contributed by atoms with van der Waals surface area (Å²) in [6.07, 6.45) is -8.05. The van der Waals surface area contributed by atoms with E-state index in [0.29, 0.717) is 0 Å². The predicted octanol–water partition coefficient (Wildman–Crippen LogP) is 4.39. The van der Waals surface area contributed by atoms with E-state index in [2.05, 4.69) is 0 Å². The van der Waals surface area contributed by atoms with Gasteiger partial charge < -0.3 is 0 Å². The van der Waals surface area contributed by atoms with E-state index in [-0.39, 0.29) is 0 Å². The smallest absolute Gasteiger partial charge is 0.282 e. The van der Waals surface area contributed by atoms with Gasteiger partial charge in [-0.05, 0) is 0 Å². The van der Waals surface area contributed by atoms with Gasteiger partial charge in [-0.3, -0.25) is 9.11 Å². The Bertz CT molecular complexity index is 1010. The minimum absolute atomic E-state index is 8.00. The second kappa shape index (κ2) is 7.78. The Balaban J connectivity index is 7.45. The Kier molecular flexibility index (Phi) is 7.46. The topological polar surface area (TPSA) is 109 Å². The highest BCUT2D eigenvalue weighted by Crippen LogP contribution is 2.65. The summed E-state index contributed by atoms with van der Waals surface area (Å²) in [5.74, 6) is -63.2. The molecule has 0 aromatic heterocycles. The molecule has 0 heterocycles. The molecular formula is C9H2F18O6S2. The summed E-state index contributed by atoms with van der Waals surface area (Å²) in [6.45, 7) is 0. The molecule has 26 heteroatoms. The van der Waals surface area contributed by atoms with Gasteiger partial charge in [0, 0.05) is 0 Å². The molecular weight excluding hydrogens is 610 g/mol. The fourth-order valence-corrected chi connectivity index (χ4v) is 3.78. The third-order valence-electron chi connectivity index (χ3n) is 3.76. The van der Waals surface area contributed by atoms with Crippen LogP contribution in [0.15, 0.2) is 0 Å². The Labute approximate surface area is 178 Å². The normalized spacial score (nSPS) is 17.0. The maximum Gasteiger partial charge on any atom is 0.460 e. The van der Waals surface area contributed by atoms with Crippen molar-refractivity contribution in [3.63, 3.8) is 0 Å². The zero-order valence-corrected chi connectivity index (χ0v) is 16.3. The van der Waals surface area contributed by atoms with E-state index < -0.39 is 72.2 Å². The molecule has 35 heavy (non-hydrogen) atoms. The van der Waals surface area contributed by atoms with Gasteiger partial charge in [0.05, 0.1) is 0 Å². The SMILES string of the molecule is O=S(=O)(O)C(F)(C(F)(F)C(F)(F)C(F)(F)C(F)(F)C(F)(F)C(F)(F)C(F)(F)C(F)(F)F)S(=O)(=O)O. The van der Waals surface area contributed by atoms with Crippen LogP contribution in [0, 0.1) is 0 Å². The monoisotopic (exact) mass is 612 g/mol. The van der Waals surface area contributed by atoms with Gasteiger partial charge in [0.15, 0.2) is 0 Å². The first kappa shape index (κ1) is 33.6. The zero-order chi connectivity index (χ0) is 29.5. The van der Waals surface area contributed by atoms with Gasteiger partial charge in [-0.2, -0.15) is 95.9 Å². The Hall–Kier alpha value is -1.44. The minimum atomic E-state index is -9.29. The van der Waals surface area contributed by atoms with Gasteiger partial charge in [0.2, 0.25) is 0 Å². The van der Waals surface area contributed by atoms with E-state index >= 15 is 0 Å². The van der Waals surface area contributed by atoms with Crippen molar-refractivity contribution in [1.82, 2.24) is 0 Å². The Morgan fingerprint density at radius 1 is 0.343 bits per heavy atom. The van der Waals surface area contributed by atoms with Gasteiger partial charge in [-0.15, -0.1) is 0 Å². The van der Waals surface area contributed by atoms with Crippen LogP contribution in [-0.4, -0.2) is 77.9 Å². The number of halogens is 18. The molecule has 0 bridgehead atoms. The van der Waals surface area contributed by atoms with E-state index in [0.717, 1.165) is 0 Å². The lowest BCUT2D eigenvalue weighted by atomic mass is 9.89. The molecule has 0 unspecified atom stereocenters. The first-order chi connectivity index (χ1) is 14.5. The molecule has 0 amide bonds. The molecule has 0 atom stereocenters. The second-order valence-electron chi connectivity index (χ2n) is 6.00. The van der Waals surface area contributed by atoms with Gasteiger partial charge in [-0.25, -0.2) is 0 Å². The molecule has 0 aliphatic carbocycles. The van der Waals surface area contributed by atoms with Gasteiger partial charge in [-0.1, -0.05) is 0 Å². The highest BCUT2D eigenvalue weighted by atomic mass is 32.3. The first-order valence-electron chi connectivity index (χ1n) is 6.84. The number of hydrogen-bond donors (Lipinski definition) is 2. The summed E-state index contributed by atoms with van der Waals surface area (Å²) in [4.78, 5) is 0. The molecule has 0 spiro atoms. The van der Waals surface area contributed by atoms with Crippen LogP contribution >= 0.6 is 0 Å². The van der Waals surface area contributed by atoms with Crippen molar-refractivity contribution < 1.29 is 105 Å². The minimum Gasteiger partial charge on any atom is -0.282 e. The molecule has 2 N–H and O–H groups in total. The van der Waals surface area contributed by atoms with Crippen LogP contribution in [0.4, 0.5) is 79.0 Å². The van der Waals surface area contributed by atoms with Crippen molar-refractivity contribution in [2.75, 3.05) is 0 Å². The molecule has 0 saturated carbocycles. The maximum absolute atomic E-state index is 13.8. The quantitative estimate of drug-likeness (QED) is 0.296. The predicted molar refractivity (Wildman–Crippen MR) is 67.6 cm³/mol. The fourth-order valence-electron chi connectivity index (χ4n) is 1.81. The van der Waals surface area contributed by atoms with Crippen LogP contribution in [-0.2, 0) is 20.2 Å². The summed E-state index contributed by atoms with van der Waals surface area (Å²) in [5, 5.41) is 0. The van der Waals surface area contributed by atoms with Crippen LogP contribution in [0.5, 0.6) is 0 Å². The van der Waals surface area contributed by atoms with Crippen molar-refractivity contribution in [2.45, 2.75) is 52.0 Å². The third-order valence-corrected chi connectivity index (χ3v) is 6.86. The zero-order valence-electron chi connectivity index (χ0n) is 14.6. The van der Waals surface area contributed by atoms with Crippen molar-refractivity contribution in [2.24, 2.45) is 0 Å². The summed E-state index contributed by atoms with van der Waals surface area (Å²) >= 11 is 0. The third kappa shape index (κ3) is 3.88. The highest BCUT2D eigenvalue weighted by Gasteiger charge is 2.98. The molecule has 0 aliphatic heterocycles. The molecule has 0 rings (SSSR count). The highest BCUT2D eigenvalue weighted by molar-refractivity contribution is 8.05. The molecule has 6 nitrogen and oxygen atoms in total. The lowest BCUT2D eigenvalue weighted by Crippen LogP contribution is -2.77. The molecule has 212 valence electrons. The van der Waals surface area contributed by atoms with E-state index in [1.165, 1.54) is 0 Å². The van der Waals surface area contributed by atoms with E-state index in [1.807, 2.05) is 0 Å². The maximum atomic E-state index is 13.8. The molecule has 0 aromatic carbocycles. The average Bonchev–Trinajstić information content (AvgIpc) is 2.56. The second-order valence-corrected chi connectivity index (χ2v) is 9.29. The van der Waals surface area contributed by atoms with Crippen LogP contribution in [0.2, 0.25) is 0 Å². The van der Waals surface area contributed by atoms with E-state index in [1.54, 1.807) is 0 Å². The van der Waals surface area contributed by atoms with Crippen LogP contribution < -0.4 is 0 Å². The summed E-state index contributed by atoms with van der Waals surface area (Å²) in [7, 11) is -16.6. The lowest BCUT2D eigenvalue weighted by Gasteiger charge is -2.43. The average molecular weight is 612 g/mol. The summed E-state index contributed by atoms with van der Waals surface area (Å²) in [6, 6.07) is 0. The number of hydrogen-bond acceptors (Lipinski definition) is 4. The first-order valence-corrected chi connectivity index (χ1v) is 9.72. The molecule has 0 radical (unpaired) electrons. The number of rotatable bonds is 9. The summed E-state index contributed by atoms with van der Waals surface area (Å²) < 4.78 is 285. The molecule has 0 aromatic rings. The van der Waals surface area contributed by atoms with Crippen LogP contribution in [0.25, 0.3) is 0 Å². The molecule has 0 aliphatic rings.